The summed E-state index contributed by atoms with van der Waals surface area (Å²) in [5.41, 5.74) is 3.39. The molecule has 7 heteroatoms. The topological polar surface area (TPSA) is 86.5 Å². The number of benzene rings is 3. The first-order valence-corrected chi connectivity index (χ1v) is 10.2. The van der Waals surface area contributed by atoms with Crippen molar-refractivity contribution in [1.82, 2.24) is 10.1 Å². The van der Waals surface area contributed by atoms with Crippen molar-refractivity contribution in [3.05, 3.63) is 89.8 Å². The molecule has 4 rings (SSSR count). The van der Waals surface area contributed by atoms with E-state index in [-0.39, 0.29) is 19.1 Å². The van der Waals surface area contributed by atoms with Crippen LogP contribution in [0.15, 0.2) is 77.3 Å². The number of aryl methyl sites for hydroxylation is 2. The number of nitrogens with one attached hydrogen (secondary N) is 1. The van der Waals surface area contributed by atoms with Gasteiger partial charge in [0.15, 0.2) is 13.2 Å². The quantitative estimate of drug-likeness (QED) is 0.426. The van der Waals surface area contributed by atoms with Gasteiger partial charge in [-0.3, -0.25) is 4.79 Å². The van der Waals surface area contributed by atoms with Gasteiger partial charge in [-0.05, 0) is 49.2 Å². The maximum absolute atomic E-state index is 12.3. The van der Waals surface area contributed by atoms with E-state index in [4.69, 9.17) is 14.0 Å². The third-order valence-electron chi connectivity index (χ3n) is 4.82. The number of nitrogens with zero attached hydrogens (tertiary/aromatic N) is 2. The van der Waals surface area contributed by atoms with Crippen LogP contribution in [0.1, 0.15) is 17.0 Å². The molecule has 7 nitrogen and oxygen atoms in total. The first-order valence-electron chi connectivity index (χ1n) is 10.2. The summed E-state index contributed by atoms with van der Waals surface area (Å²) in [5.74, 6) is 1.70. The molecule has 3 aromatic carbocycles. The number of ether oxygens (including phenoxy) is 2. The van der Waals surface area contributed by atoms with E-state index in [1.807, 2.05) is 80.6 Å². The van der Waals surface area contributed by atoms with E-state index in [1.165, 1.54) is 0 Å². The van der Waals surface area contributed by atoms with Gasteiger partial charge in [0.05, 0.1) is 5.56 Å². The van der Waals surface area contributed by atoms with Crippen molar-refractivity contribution in [2.75, 3.05) is 11.9 Å². The zero-order chi connectivity index (χ0) is 22.3. The molecule has 4 aromatic rings. The number of rotatable bonds is 8. The first kappa shape index (κ1) is 21.1. The molecule has 0 radical (unpaired) electrons. The number of para-hydroxylation sites is 3. The minimum atomic E-state index is -0.255. The Bertz CT molecular complexity index is 1220. The van der Waals surface area contributed by atoms with Crippen molar-refractivity contribution in [2.45, 2.75) is 20.5 Å². The molecule has 0 aliphatic heterocycles. The predicted molar refractivity (Wildman–Crippen MR) is 121 cm³/mol. The van der Waals surface area contributed by atoms with Crippen LogP contribution in [0.5, 0.6) is 11.5 Å². The minimum Gasteiger partial charge on any atom is -0.483 e. The summed E-state index contributed by atoms with van der Waals surface area (Å²) in [7, 11) is 0. The zero-order valence-corrected chi connectivity index (χ0v) is 17.9. The molecule has 0 atom stereocenters. The average Bonchev–Trinajstić information content (AvgIpc) is 3.28. The third kappa shape index (κ3) is 5.13. The highest BCUT2D eigenvalue weighted by atomic mass is 16.5. The molecule has 0 spiro atoms. The second kappa shape index (κ2) is 9.78. The van der Waals surface area contributed by atoms with Crippen molar-refractivity contribution < 1.29 is 18.8 Å². The molecule has 0 fully saturated rings. The fourth-order valence-corrected chi connectivity index (χ4v) is 3.10. The Kier molecular flexibility index (Phi) is 6.46. The van der Waals surface area contributed by atoms with Crippen LogP contribution in [0, 0.1) is 13.8 Å². The van der Waals surface area contributed by atoms with Crippen LogP contribution in [-0.2, 0) is 11.4 Å². The monoisotopic (exact) mass is 429 g/mol. The van der Waals surface area contributed by atoms with Crippen LogP contribution >= 0.6 is 0 Å². The standard InChI is InChI=1S/C25H23N3O4/c1-17-9-3-6-12-20(17)26-23(29)15-30-22-14-8-5-11-19(22)25-27-24(32-28-25)16-31-21-13-7-4-10-18(21)2/h3-14H,15-16H2,1-2H3,(H,26,29). The highest BCUT2D eigenvalue weighted by molar-refractivity contribution is 5.92. The maximum Gasteiger partial charge on any atom is 0.264 e. The number of amides is 1. The van der Waals surface area contributed by atoms with Gasteiger partial charge in [-0.15, -0.1) is 0 Å². The Morgan fingerprint density at radius 2 is 1.56 bits per heavy atom. The Hall–Kier alpha value is -4.13. The van der Waals surface area contributed by atoms with E-state index in [2.05, 4.69) is 15.5 Å². The molecule has 0 unspecified atom stereocenters. The lowest BCUT2D eigenvalue weighted by Gasteiger charge is -2.11. The normalized spacial score (nSPS) is 10.6. The first-order chi connectivity index (χ1) is 15.6. The van der Waals surface area contributed by atoms with Gasteiger partial charge in [0, 0.05) is 5.69 Å². The van der Waals surface area contributed by atoms with Crippen LogP contribution in [-0.4, -0.2) is 22.7 Å². The van der Waals surface area contributed by atoms with Gasteiger partial charge in [0.2, 0.25) is 5.82 Å². The van der Waals surface area contributed by atoms with E-state index in [0.717, 1.165) is 22.6 Å². The predicted octanol–water partition coefficient (Wildman–Crippen LogP) is 4.95. The van der Waals surface area contributed by atoms with E-state index >= 15 is 0 Å². The lowest BCUT2D eigenvalue weighted by molar-refractivity contribution is -0.118. The summed E-state index contributed by atoms with van der Waals surface area (Å²) in [4.78, 5) is 16.7. The average molecular weight is 429 g/mol. The largest absolute Gasteiger partial charge is 0.483 e. The number of aromatic nitrogens is 2. The Balaban J connectivity index is 1.40. The second-order valence-electron chi connectivity index (χ2n) is 7.21. The highest BCUT2D eigenvalue weighted by Gasteiger charge is 2.15. The molecule has 0 aliphatic rings. The fraction of sp³-hybridized carbons (Fsp3) is 0.160. The van der Waals surface area contributed by atoms with Crippen molar-refractivity contribution in [3.8, 4) is 22.9 Å². The number of carbonyl (C=O) groups excluding carboxylic acids is 1. The Morgan fingerprint density at radius 1 is 0.875 bits per heavy atom. The Morgan fingerprint density at radius 3 is 2.34 bits per heavy atom. The van der Waals surface area contributed by atoms with E-state index < -0.39 is 0 Å². The van der Waals surface area contributed by atoms with Crippen LogP contribution in [0.2, 0.25) is 0 Å². The van der Waals surface area contributed by atoms with Crippen LogP contribution < -0.4 is 14.8 Å². The summed E-state index contributed by atoms with van der Waals surface area (Å²) in [6, 6.07) is 22.5. The van der Waals surface area contributed by atoms with Crippen molar-refractivity contribution in [1.29, 1.82) is 0 Å². The van der Waals surface area contributed by atoms with Gasteiger partial charge in [-0.2, -0.15) is 4.98 Å². The molecule has 1 N–H and O–H groups in total. The summed E-state index contributed by atoms with van der Waals surface area (Å²) in [6.07, 6.45) is 0. The molecule has 0 saturated heterocycles. The minimum absolute atomic E-state index is 0.146. The zero-order valence-electron chi connectivity index (χ0n) is 17.9. The smallest absolute Gasteiger partial charge is 0.264 e. The lowest BCUT2D eigenvalue weighted by atomic mass is 10.2. The van der Waals surface area contributed by atoms with Crippen molar-refractivity contribution >= 4 is 11.6 Å². The molecule has 1 amide bonds. The summed E-state index contributed by atoms with van der Waals surface area (Å²) >= 11 is 0. The SMILES string of the molecule is Cc1ccccc1NC(=O)COc1ccccc1-c1noc(COc2ccccc2C)n1. The van der Waals surface area contributed by atoms with E-state index in [1.54, 1.807) is 6.07 Å². The lowest BCUT2D eigenvalue weighted by Crippen LogP contribution is -2.20. The van der Waals surface area contributed by atoms with Crippen molar-refractivity contribution in [3.63, 3.8) is 0 Å². The Labute approximate surface area is 186 Å². The molecular formula is C25H23N3O4. The third-order valence-corrected chi connectivity index (χ3v) is 4.82. The number of hydrogen-bond acceptors (Lipinski definition) is 6. The van der Waals surface area contributed by atoms with Crippen LogP contribution in [0.4, 0.5) is 5.69 Å². The van der Waals surface area contributed by atoms with E-state index in [0.29, 0.717) is 23.0 Å². The van der Waals surface area contributed by atoms with Crippen molar-refractivity contribution in [2.24, 2.45) is 0 Å². The van der Waals surface area contributed by atoms with Gasteiger partial charge in [-0.25, -0.2) is 0 Å². The number of anilines is 1. The van der Waals surface area contributed by atoms with Crippen LogP contribution in [0.25, 0.3) is 11.4 Å². The molecule has 1 aromatic heterocycles. The summed E-state index contributed by atoms with van der Waals surface area (Å²) in [5, 5.41) is 6.89. The van der Waals surface area contributed by atoms with Gasteiger partial charge >= 0.3 is 0 Å². The van der Waals surface area contributed by atoms with Crippen LogP contribution in [0.3, 0.4) is 0 Å². The van der Waals surface area contributed by atoms with Gasteiger partial charge in [0.1, 0.15) is 11.5 Å². The van der Waals surface area contributed by atoms with E-state index in [9.17, 15) is 4.79 Å². The summed E-state index contributed by atoms with van der Waals surface area (Å²) < 4.78 is 16.9. The summed E-state index contributed by atoms with van der Waals surface area (Å²) in [6.45, 7) is 3.91. The number of carbonyl (C=O) groups is 1. The van der Waals surface area contributed by atoms with Gasteiger partial charge < -0.3 is 19.3 Å². The second-order valence-corrected chi connectivity index (χ2v) is 7.21. The van der Waals surface area contributed by atoms with Gasteiger partial charge in [0.25, 0.3) is 11.8 Å². The molecule has 0 saturated carbocycles. The molecule has 1 heterocycles. The fourth-order valence-electron chi connectivity index (χ4n) is 3.10. The molecule has 0 aliphatic carbocycles. The molecule has 0 bridgehead atoms. The molecule has 162 valence electrons. The maximum atomic E-state index is 12.3. The molecular weight excluding hydrogens is 406 g/mol. The molecule has 32 heavy (non-hydrogen) atoms. The van der Waals surface area contributed by atoms with Gasteiger partial charge in [-0.1, -0.05) is 53.7 Å². The number of hydrogen-bond donors (Lipinski definition) is 1. The highest BCUT2D eigenvalue weighted by Crippen LogP contribution is 2.28.